The van der Waals surface area contributed by atoms with Crippen LogP contribution < -0.4 is 15.8 Å². The predicted octanol–water partition coefficient (Wildman–Crippen LogP) is 1.99. The maximum atomic E-state index is 12.7. The van der Waals surface area contributed by atoms with E-state index in [2.05, 4.69) is 5.32 Å². The first-order chi connectivity index (χ1) is 12.1. The number of rotatable bonds is 4. The molecule has 0 aromatic heterocycles. The molecule has 0 spiro atoms. The van der Waals surface area contributed by atoms with Crippen LogP contribution >= 0.6 is 0 Å². The molecule has 3 N–H and O–H groups in total. The van der Waals surface area contributed by atoms with Crippen molar-refractivity contribution in [1.82, 2.24) is 10.2 Å². The third-order valence-electron chi connectivity index (χ3n) is 4.46. The smallest absolute Gasteiger partial charge is 0.312 e. The van der Waals surface area contributed by atoms with Gasteiger partial charge in [0.2, 0.25) is 5.91 Å². The number of carbonyl (C=O) groups excluding carboxylic acids is 2. The fourth-order valence-electron chi connectivity index (χ4n) is 3.19. The number of nitrogens with two attached hydrogens (primary N) is 1. The van der Waals surface area contributed by atoms with Crippen LogP contribution in [0.25, 0.3) is 0 Å². The summed E-state index contributed by atoms with van der Waals surface area (Å²) in [6, 6.07) is 15.1. The number of nitrogens with zero attached hydrogens (tertiary/aromatic N) is 1. The van der Waals surface area contributed by atoms with Gasteiger partial charge in [-0.1, -0.05) is 36.4 Å². The van der Waals surface area contributed by atoms with Gasteiger partial charge < -0.3 is 20.7 Å². The van der Waals surface area contributed by atoms with Gasteiger partial charge in [-0.05, 0) is 35.2 Å². The second kappa shape index (κ2) is 7.25. The number of carbonyl (C=O) groups is 2. The number of nitrogens with one attached hydrogen (secondary N) is 1. The van der Waals surface area contributed by atoms with E-state index in [4.69, 9.17) is 10.5 Å². The number of amides is 3. The van der Waals surface area contributed by atoms with Crippen molar-refractivity contribution in [3.05, 3.63) is 65.2 Å². The number of urea groups is 1. The van der Waals surface area contributed by atoms with E-state index in [0.29, 0.717) is 13.0 Å². The van der Waals surface area contributed by atoms with Crippen molar-refractivity contribution >= 4 is 11.9 Å². The van der Waals surface area contributed by atoms with Crippen LogP contribution in [0.4, 0.5) is 4.79 Å². The average Bonchev–Trinajstić information content (AvgIpc) is 2.65. The quantitative estimate of drug-likeness (QED) is 0.893. The van der Waals surface area contributed by atoms with E-state index < -0.39 is 6.03 Å². The third-order valence-corrected chi connectivity index (χ3v) is 4.46. The van der Waals surface area contributed by atoms with Gasteiger partial charge in [0.15, 0.2) is 0 Å². The number of fused-ring (bicyclic) bond motifs is 1. The molecule has 130 valence electrons. The van der Waals surface area contributed by atoms with Crippen LogP contribution in [0.2, 0.25) is 0 Å². The van der Waals surface area contributed by atoms with E-state index in [1.165, 1.54) is 5.56 Å². The topological polar surface area (TPSA) is 84.7 Å². The zero-order chi connectivity index (χ0) is 17.8. The van der Waals surface area contributed by atoms with Crippen LogP contribution in [0.3, 0.4) is 0 Å². The number of methoxy groups -OCH3 is 1. The third kappa shape index (κ3) is 3.74. The Labute approximate surface area is 146 Å². The summed E-state index contributed by atoms with van der Waals surface area (Å²) in [7, 11) is 1.62. The molecule has 3 rings (SSSR count). The maximum absolute atomic E-state index is 12.7. The Hall–Kier alpha value is -3.02. The van der Waals surface area contributed by atoms with E-state index in [-0.39, 0.29) is 18.5 Å². The molecule has 0 saturated heterocycles. The number of ether oxygens (including phenoxy) is 1. The van der Waals surface area contributed by atoms with Crippen molar-refractivity contribution in [2.45, 2.75) is 19.0 Å². The minimum atomic E-state index is -0.705. The molecule has 1 heterocycles. The lowest BCUT2D eigenvalue weighted by atomic mass is 9.89. The van der Waals surface area contributed by atoms with Crippen molar-refractivity contribution in [2.24, 2.45) is 5.73 Å². The number of hydrogen-bond donors (Lipinski definition) is 2. The summed E-state index contributed by atoms with van der Waals surface area (Å²) in [5, 5.41) is 2.38. The van der Waals surface area contributed by atoms with Gasteiger partial charge >= 0.3 is 6.03 Å². The van der Waals surface area contributed by atoms with E-state index in [9.17, 15) is 9.59 Å². The molecule has 0 aliphatic carbocycles. The first-order valence-corrected chi connectivity index (χ1v) is 8.12. The largest absolute Gasteiger partial charge is 0.497 e. The first-order valence-electron chi connectivity index (χ1n) is 8.12. The lowest BCUT2D eigenvalue weighted by Crippen LogP contribution is -2.45. The zero-order valence-corrected chi connectivity index (χ0v) is 14.1. The first kappa shape index (κ1) is 16.8. The van der Waals surface area contributed by atoms with Gasteiger partial charge in [-0.2, -0.15) is 0 Å². The van der Waals surface area contributed by atoms with E-state index in [1.54, 1.807) is 12.0 Å². The van der Waals surface area contributed by atoms with Gasteiger partial charge in [0.1, 0.15) is 5.75 Å². The monoisotopic (exact) mass is 339 g/mol. The van der Waals surface area contributed by atoms with Gasteiger partial charge in [-0.25, -0.2) is 4.79 Å². The Morgan fingerprint density at radius 1 is 1.20 bits per heavy atom. The molecule has 0 saturated carbocycles. The summed E-state index contributed by atoms with van der Waals surface area (Å²) < 4.78 is 5.29. The normalized spacial score (nSPS) is 16.0. The standard InChI is InChI=1S/C19H21N3O3/c1-25-16-8-7-14-10-17(13-5-3-2-4-6-13)22(12-15(14)9-16)18(23)11-21-19(20)24/h2-9,17H,10-12H2,1H3,(H3,20,21,24). The summed E-state index contributed by atoms with van der Waals surface area (Å²) in [4.78, 5) is 25.4. The van der Waals surface area contributed by atoms with Gasteiger partial charge in [-0.3, -0.25) is 4.79 Å². The highest BCUT2D eigenvalue weighted by Gasteiger charge is 2.31. The van der Waals surface area contributed by atoms with Crippen molar-refractivity contribution in [3.8, 4) is 5.75 Å². The zero-order valence-electron chi connectivity index (χ0n) is 14.1. The number of primary amides is 1. The molecule has 2 aromatic rings. The second-order valence-corrected chi connectivity index (χ2v) is 6.00. The minimum Gasteiger partial charge on any atom is -0.497 e. The van der Waals surface area contributed by atoms with Crippen molar-refractivity contribution in [3.63, 3.8) is 0 Å². The molecule has 0 bridgehead atoms. The Morgan fingerprint density at radius 3 is 2.64 bits per heavy atom. The highest BCUT2D eigenvalue weighted by Crippen LogP contribution is 2.34. The van der Waals surface area contributed by atoms with Crippen LogP contribution in [-0.2, 0) is 17.8 Å². The van der Waals surface area contributed by atoms with Crippen LogP contribution in [-0.4, -0.2) is 30.5 Å². The molecular formula is C19H21N3O3. The molecular weight excluding hydrogens is 318 g/mol. The minimum absolute atomic E-state index is 0.0794. The van der Waals surface area contributed by atoms with E-state index in [0.717, 1.165) is 16.9 Å². The fourth-order valence-corrected chi connectivity index (χ4v) is 3.19. The molecule has 3 amide bonds. The van der Waals surface area contributed by atoms with Crippen LogP contribution in [0.5, 0.6) is 5.75 Å². The second-order valence-electron chi connectivity index (χ2n) is 6.00. The number of benzene rings is 2. The number of hydrogen-bond acceptors (Lipinski definition) is 3. The molecule has 6 nitrogen and oxygen atoms in total. The van der Waals surface area contributed by atoms with Gasteiger partial charge in [-0.15, -0.1) is 0 Å². The fraction of sp³-hybridized carbons (Fsp3) is 0.263. The molecule has 6 heteroatoms. The van der Waals surface area contributed by atoms with Crippen molar-refractivity contribution in [1.29, 1.82) is 0 Å². The highest BCUT2D eigenvalue weighted by molar-refractivity contribution is 5.84. The van der Waals surface area contributed by atoms with Crippen molar-refractivity contribution in [2.75, 3.05) is 13.7 Å². The molecule has 25 heavy (non-hydrogen) atoms. The average molecular weight is 339 g/mol. The van der Waals surface area contributed by atoms with Gasteiger partial charge in [0, 0.05) is 6.54 Å². The molecule has 1 atom stereocenters. The van der Waals surface area contributed by atoms with Gasteiger partial charge in [0.25, 0.3) is 0 Å². The van der Waals surface area contributed by atoms with E-state index in [1.807, 2.05) is 48.5 Å². The molecule has 0 radical (unpaired) electrons. The Bertz CT molecular complexity index is 777. The Kier molecular flexibility index (Phi) is 4.88. The molecule has 1 unspecified atom stereocenters. The SMILES string of the molecule is COc1ccc2c(c1)CN(C(=O)CNC(N)=O)C(c1ccccc1)C2. The highest BCUT2D eigenvalue weighted by atomic mass is 16.5. The Balaban J connectivity index is 1.92. The summed E-state index contributed by atoms with van der Waals surface area (Å²) in [5.41, 5.74) is 8.41. The van der Waals surface area contributed by atoms with Crippen molar-refractivity contribution < 1.29 is 14.3 Å². The summed E-state index contributed by atoms with van der Waals surface area (Å²) in [6.45, 7) is 0.351. The predicted molar refractivity (Wildman–Crippen MR) is 94.0 cm³/mol. The lowest BCUT2D eigenvalue weighted by Gasteiger charge is -2.37. The lowest BCUT2D eigenvalue weighted by molar-refractivity contribution is -0.133. The van der Waals surface area contributed by atoms with Gasteiger partial charge in [0.05, 0.1) is 19.7 Å². The molecule has 2 aromatic carbocycles. The maximum Gasteiger partial charge on any atom is 0.312 e. The molecule has 0 fully saturated rings. The van der Waals surface area contributed by atoms with Crippen LogP contribution in [0.15, 0.2) is 48.5 Å². The molecule has 1 aliphatic heterocycles. The molecule has 1 aliphatic rings. The summed E-state index contributed by atoms with van der Waals surface area (Å²) in [6.07, 6.45) is 0.714. The van der Waals surface area contributed by atoms with Crippen LogP contribution in [0.1, 0.15) is 22.7 Å². The Morgan fingerprint density at radius 2 is 1.96 bits per heavy atom. The summed E-state index contributed by atoms with van der Waals surface area (Å²) in [5.74, 6) is 0.598. The van der Waals surface area contributed by atoms with E-state index >= 15 is 0 Å². The van der Waals surface area contributed by atoms with Crippen LogP contribution in [0, 0.1) is 0 Å². The summed E-state index contributed by atoms with van der Waals surface area (Å²) >= 11 is 0.